The Morgan fingerprint density at radius 3 is 3.00 bits per heavy atom. The quantitative estimate of drug-likeness (QED) is 0.746. The number of aromatic hydroxyl groups is 1. The molecule has 1 unspecified atom stereocenters. The Hall–Kier alpha value is -2.95. The van der Waals surface area contributed by atoms with E-state index in [1.54, 1.807) is 24.3 Å². The van der Waals surface area contributed by atoms with Gasteiger partial charge in [0.05, 0.1) is 17.1 Å². The van der Waals surface area contributed by atoms with Crippen LogP contribution in [0.15, 0.2) is 48.7 Å². The van der Waals surface area contributed by atoms with Crippen LogP contribution in [-0.2, 0) is 6.42 Å². The monoisotopic (exact) mass is 336 g/mol. The summed E-state index contributed by atoms with van der Waals surface area (Å²) in [6, 6.07) is 11.2. The molecule has 1 aliphatic rings. The van der Waals surface area contributed by atoms with Gasteiger partial charge in [0.1, 0.15) is 11.6 Å². The molecular weight excluding hydrogens is 319 g/mol. The summed E-state index contributed by atoms with van der Waals surface area (Å²) in [5.41, 5.74) is 2.90. The second-order valence-corrected chi connectivity index (χ2v) is 6.32. The summed E-state index contributed by atoms with van der Waals surface area (Å²) in [7, 11) is 0. The van der Waals surface area contributed by atoms with Crippen LogP contribution in [0.4, 0.5) is 4.39 Å². The molecule has 4 rings (SSSR count). The summed E-state index contributed by atoms with van der Waals surface area (Å²) in [6.07, 6.45) is 4.03. The maximum absolute atomic E-state index is 13.4. The molecule has 0 saturated carbocycles. The lowest BCUT2D eigenvalue weighted by atomic mass is 9.87. The third kappa shape index (κ3) is 2.93. The Kier molecular flexibility index (Phi) is 3.84. The Bertz CT molecular complexity index is 971. The Labute approximate surface area is 144 Å². The summed E-state index contributed by atoms with van der Waals surface area (Å²) in [5, 5.41) is 13.6. The first-order valence-corrected chi connectivity index (χ1v) is 8.29. The number of benzene rings is 2. The van der Waals surface area contributed by atoms with Gasteiger partial charge in [-0.15, -0.1) is 0 Å². The van der Waals surface area contributed by atoms with Crippen molar-refractivity contribution in [2.24, 2.45) is 0 Å². The van der Waals surface area contributed by atoms with Crippen LogP contribution in [0.1, 0.15) is 40.4 Å². The molecule has 1 aliphatic carbocycles. The minimum absolute atomic E-state index is 0.147. The van der Waals surface area contributed by atoms with Crippen LogP contribution in [0.25, 0.3) is 10.9 Å². The molecule has 1 amide bonds. The molecule has 2 N–H and O–H groups in total. The summed E-state index contributed by atoms with van der Waals surface area (Å²) in [4.78, 5) is 16.9. The van der Waals surface area contributed by atoms with E-state index in [9.17, 15) is 14.3 Å². The number of phenols is 1. The van der Waals surface area contributed by atoms with Crippen molar-refractivity contribution < 1.29 is 14.3 Å². The predicted octanol–water partition coefficient (Wildman–Crippen LogP) is 3.89. The summed E-state index contributed by atoms with van der Waals surface area (Å²) < 4.78 is 13.4. The minimum atomic E-state index is -0.358. The molecule has 3 aromatic rings. The van der Waals surface area contributed by atoms with Gasteiger partial charge in [-0.2, -0.15) is 0 Å². The molecule has 0 fully saturated rings. The van der Waals surface area contributed by atoms with Crippen LogP contribution in [0.5, 0.6) is 5.75 Å². The molecular formula is C20H17FN2O2. The average Bonchev–Trinajstić information content (AvgIpc) is 2.62. The van der Waals surface area contributed by atoms with Crippen molar-refractivity contribution in [2.45, 2.75) is 25.3 Å². The van der Waals surface area contributed by atoms with Crippen LogP contribution >= 0.6 is 0 Å². The standard InChI is InChI=1S/C20H17FN2O2/c21-14-7-8-17-12(10-14)9-13(11-22-17)20(25)23-18-5-1-4-16-15(18)3-2-6-19(16)24/h2-3,6-11,18,24H,1,4-5H2,(H,23,25). The maximum atomic E-state index is 13.4. The highest BCUT2D eigenvalue weighted by Gasteiger charge is 2.24. The van der Waals surface area contributed by atoms with Crippen LogP contribution in [0.3, 0.4) is 0 Å². The van der Waals surface area contributed by atoms with Gasteiger partial charge in [0, 0.05) is 11.6 Å². The fraction of sp³-hybridized carbons (Fsp3) is 0.200. The van der Waals surface area contributed by atoms with Crippen molar-refractivity contribution in [1.29, 1.82) is 0 Å². The zero-order chi connectivity index (χ0) is 17.4. The number of rotatable bonds is 2. The second-order valence-electron chi connectivity index (χ2n) is 6.32. The van der Waals surface area contributed by atoms with E-state index < -0.39 is 0 Å². The molecule has 0 radical (unpaired) electrons. The van der Waals surface area contributed by atoms with E-state index in [-0.39, 0.29) is 23.5 Å². The number of nitrogens with zero attached hydrogens (tertiary/aromatic N) is 1. The lowest BCUT2D eigenvalue weighted by Crippen LogP contribution is -2.31. The third-order valence-corrected chi connectivity index (χ3v) is 4.69. The van der Waals surface area contributed by atoms with Crippen LogP contribution in [-0.4, -0.2) is 16.0 Å². The number of halogens is 1. The molecule has 0 bridgehead atoms. The summed E-state index contributed by atoms with van der Waals surface area (Å²) >= 11 is 0. The first kappa shape index (κ1) is 15.6. The zero-order valence-electron chi connectivity index (χ0n) is 13.5. The van der Waals surface area contributed by atoms with Gasteiger partial charge in [-0.05, 0) is 60.7 Å². The number of aromatic nitrogens is 1. The van der Waals surface area contributed by atoms with Crippen molar-refractivity contribution in [3.63, 3.8) is 0 Å². The molecule has 25 heavy (non-hydrogen) atoms. The average molecular weight is 336 g/mol. The normalized spacial score (nSPS) is 16.4. The highest BCUT2D eigenvalue weighted by Crippen LogP contribution is 2.34. The largest absolute Gasteiger partial charge is 0.508 e. The first-order chi connectivity index (χ1) is 12.1. The van der Waals surface area contributed by atoms with Gasteiger partial charge in [-0.3, -0.25) is 9.78 Å². The van der Waals surface area contributed by atoms with Crippen molar-refractivity contribution in [1.82, 2.24) is 10.3 Å². The van der Waals surface area contributed by atoms with Gasteiger partial charge in [-0.1, -0.05) is 12.1 Å². The van der Waals surface area contributed by atoms with E-state index in [0.717, 1.165) is 30.4 Å². The lowest BCUT2D eigenvalue weighted by molar-refractivity contribution is 0.0932. The lowest BCUT2D eigenvalue weighted by Gasteiger charge is -2.27. The molecule has 0 aliphatic heterocycles. The Morgan fingerprint density at radius 1 is 1.24 bits per heavy atom. The summed E-state index contributed by atoms with van der Waals surface area (Å²) in [6.45, 7) is 0. The molecule has 1 heterocycles. The van der Waals surface area contributed by atoms with Crippen LogP contribution < -0.4 is 5.32 Å². The van der Waals surface area contributed by atoms with E-state index >= 15 is 0 Å². The topological polar surface area (TPSA) is 62.2 Å². The van der Waals surface area contributed by atoms with E-state index in [2.05, 4.69) is 10.3 Å². The van der Waals surface area contributed by atoms with Gasteiger partial charge in [0.2, 0.25) is 0 Å². The van der Waals surface area contributed by atoms with E-state index in [0.29, 0.717) is 16.5 Å². The van der Waals surface area contributed by atoms with Crippen molar-refractivity contribution >= 4 is 16.8 Å². The molecule has 126 valence electrons. The smallest absolute Gasteiger partial charge is 0.253 e. The van der Waals surface area contributed by atoms with Crippen molar-refractivity contribution in [3.8, 4) is 5.75 Å². The van der Waals surface area contributed by atoms with Crippen molar-refractivity contribution in [2.75, 3.05) is 0 Å². The van der Waals surface area contributed by atoms with Gasteiger partial charge in [0.15, 0.2) is 0 Å². The summed E-state index contributed by atoms with van der Waals surface area (Å²) in [5.74, 6) is -0.331. The number of nitrogens with one attached hydrogen (secondary N) is 1. The van der Waals surface area contributed by atoms with Crippen molar-refractivity contribution in [3.05, 3.63) is 71.2 Å². The van der Waals surface area contributed by atoms with Crippen LogP contribution in [0, 0.1) is 5.82 Å². The molecule has 0 saturated heterocycles. The number of carbonyl (C=O) groups is 1. The highest BCUT2D eigenvalue weighted by molar-refractivity contribution is 5.97. The second kappa shape index (κ2) is 6.16. The molecule has 1 aromatic heterocycles. The minimum Gasteiger partial charge on any atom is -0.508 e. The first-order valence-electron chi connectivity index (χ1n) is 8.29. The van der Waals surface area contributed by atoms with Gasteiger partial charge < -0.3 is 10.4 Å². The number of hydrogen-bond donors (Lipinski definition) is 2. The van der Waals surface area contributed by atoms with E-state index in [1.807, 2.05) is 6.07 Å². The Balaban J connectivity index is 1.62. The number of phenolic OH excluding ortho intramolecular Hbond substituents is 1. The maximum Gasteiger partial charge on any atom is 0.253 e. The van der Waals surface area contributed by atoms with Gasteiger partial charge in [-0.25, -0.2) is 4.39 Å². The molecule has 4 nitrogen and oxygen atoms in total. The number of fused-ring (bicyclic) bond motifs is 2. The number of amides is 1. The SMILES string of the molecule is O=C(NC1CCCc2c(O)cccc21)c1cnc2ccc(F)cc2c1. The van der Waals surface area contributed by atoms with E-state index in [4.69, 9.17) is 0 Å². The van der Waals surface area contributed by atoms with Crippen LogP contribution in [0.2, 0.25) is 0 Å². The molecule has 0 spiro atoms. The highest BCUT2D eigenvalue weighted by atomic mass is 19.1. The van der Waals surface area contributed by atoms with E-state index in [1.165, 1.54) is 18.3 Å². The zero-order valence-corrected chi connectivity index (χ0v) is 13.5. The molecule has 5 heteroatoms. The fourth-order valence-electron chi connectivity index (χ4n) is 3.45. The predicted molar refractivity (Wildman–Crippen MR) is 93.0 cm³/mol. The molecule has 1 atom stereocenters. The number of carbonyl (C=O) groups excluding carboxylic acids is 1. The Morgan fingerprint density at radius 2 is 2.12 bits per heavy atom. The number of hydrogen-bond acceptors (Lipinski definition) is 3. The number of pyridine rings is 1. The van der Waals surface area contributed by atoms with Gasteiger partial charge >= 0.3 is 0 Å². The van der Waals surface area contributed by atoms with Gasteiger partial charge in [0.25, 0.3) is 5.91 Å². The third-order valence-electron chi connectivity index (χ3n) is 4.69. The molecule has 2 aromatic carbocycles. The fourth-order valence-corrected chi connectivity index (χ4v) is 3.45.